The lowest BCUT2D eigenvalue weighted by molar-refractivity contribution is -0.121. The third-order valence-corrected chi connectivity index (χ3v) is 4.04. The van der Waals surface area contributed by atoms with Crippen molar-refractivity contribution in [3.63, 3.8) is 0 Å². The van der Waals surface area contributed by atoms with Gasteiger partial charge in [0.25, 0.3) is 11.8 Å². The molecule has 2 aromatic rings. The van der Waals surface area contributed by atoms with Gasteiger partial charge in [-0.1, -0.05) is 35.9 Å². The number of nitrogens with one attached hydrogen (secondary N) is 1. The standard InChI is InChI=1S/C18H15ClN2O3/c19-13-5-3-4-12(10-13)8-9-20-16(22)11-21-17(23)14-6-1-2-7-15(14)18(21)24/h1-7,10H,8-9,11H2,(H,20,22). The number of imide groups is 1. The smallest absolute Gasteiger partial charge is 0.262 e. The molecule has 0 spiro atoms. The van der Waals surface area contributed by atoms with Crippen molar-refractivity contribution < 1.29 is 14.4 Å². The zero-order valence-electron chi connectivity index (χ0n) is 12.8. The van der Waals surface area contributed by atoms with E-state index in [0.29, 0.717) is 29.1 Å². The van der Waals surface area contributed by atoms with Gasteiger partial charge in [0.15, 0.2) is 0 Å². The molecule has 1 heterocycles. The Bertz CT molecular complexity index is 784. The van der Waals surface area contributed by atoms with E-state index in [4.69, 9.17) is 11.6 Å². The van der Waals surface area contributed by atoms with Crippen LogP contribution in [-0.4, -0.2) is 35.7 Å². The van der Waals surface area contributed by atoms with Crippen LogP contribution in [0.5, 0.6) is 0 Å². The van der Waals surface area contributed by atoms with Gasteiger partial charge in [-0.2, -0.15) is 0 Å². The highest BCUT2D eigenvalue weighted by Gasteiger charge is 2.36. The van der Waals surface area contributed by atoms with Crippen molar-refractivity contribution in [3.8, 4) is 0 Å². The molecule has 0 saturated heterocycles. The predicted octanol–water partition coefficient (Wildman–Crippen LogP) is 2.29. The molecule has 3 rings (SSSR count). The van der Waals surface area contributed by atoms with Crippen molar-refractivity contribution in [2.75, 3.05) is 13.1 Å². The van der Waals surface area contributed by atoms with E-state index in [1.807, 2.05) is 18.2 Å². The van der Waals surface area contributed by atoms with Gasteiger partial charge in [-0.25, -0.2) is 0 Å². The van der Waals surface area contributed by atoms with Crippen LogP contribution in [0, 0.1) is 0 Å². The lowest BCUT2D eigenvalue weighted by Crippen LogP contribution is -2.40. The molecule has 0 fully saturated rings. The highest BCUT2D eigenvalue weighted by atomic mass is 35.5. The topological polar surface area (TPSA) is 66.5 Å². The second kappa shape index (κ2) is 6.84. The van der Waals surface area contributed by atoms with Crippen LogP contribution in [0.15, 0.2) is 48.5 Å². The summed E-state index contributed by atoms with van der Waals surface area (Å²) in [5.74, 6) is -1.23. The Morgan fingerprint density at radius 3 is 2.29 bits per heavy atom. The first-order chi connectivity index (χ1) is 11.6. The van der Waals surface area contributed by atoms with Crippen molar-refractivity contribution >= 4 is 29.3 Å². The molecule has 122 valence electrons. The maximum atomic E-state index is 12.2. The van der Waals surface area contributed by atoms with Gasteiger partial charge in [-0.05, 0) is 36.2 Å². The first-order valence-electron chi connectivity index (χ1n) is 7.52. The summed E-state index contributed by atoms with van der Waals surface area (Å²) in [5, 5.41) is 3.36. The van der Waals surface area contributed by atoms with E-state index in [2.05, 4.69) is 5.32 Å². The van der Waals surface area contributed by atoms with E-state index in [1.165, 1.54) is 0 Å². The number of hydrogen-bond acceptors (Lipinski definition) is 3. The molecule has 1 aliphatic rings. The molecule has 24 heavy (non-hydrogen) atoms. The Labute approximate surface area is 144 Å². The van der Waals surface area contributed by atoms with Crippen molar-refractivity contribution in [1.29, 1.82) is 0 Å². The number of hydrogen-bond donors (Lipinski definition) is 1. The summed E-state index contributed by atoms with van der Waals surface area (Å²) in [6, 6.07) is 13.9. The van der Waals surface area contributed by atoms with Gasteiger partial charge in [-0.3, -0.25) is 19.3 Å². The van der Waals surface area contributed by atoms with Crippen LogP contribution in [-0.2, 0) is 11.2 Å². The number of carbonyl (C=O) groups excluding carboxylic acids is 3. The minimum absolute atomic E-state index is 0.276. The van der Waals surface area contributed by atoms with E-state index in [0.717, 1.165) is 10.5 Å². The molecular weight excluding hydrogens is 328 g/mol. The fraction of sp³-hybridized carbons (Fsp3) is 0.167. The van der Waals surface area contributed by atoms with Crippen LogP contribution in [0.3, 0.4) is 0 Å². The minimum Gasteiger partial charge on any atom is -0.354 e. The Kier molecular flexibility index (Phi) is 4.62. The fourth-order valence-corrected chi connectivity index (χ4v) is 2.83. The molecule has 5 nitrogen and oxygen atoms in total. The van der Waals surface area contributed by atoms with Gasteiger partial charge in [0.1, 0.15) is 6.54 Å². The van der Waals surface area contributed by atoms with Gasteiger partial charge in [-0.15, -0.1) is 0 Å². The molecular formula is C18H15ClN2O3. The summed E-state index contributed by atoms with van der Waals surface area (Å²) in [4.78, 5) is 37.4. The minimum atomic E-state index is -0.430. The van der Waals surface area contributed by atoms with Crippen LogP contribution in [0.25, 0.3) is 0 Å². The van der Waals surface area contributed by atoms with E-state index in [9.17, 15) is 14.4 Å². The summed E-state index contributed by atoms with van der Waals surface area (Å²) in [6.45, 7) is 0.129. The van der Waals surface area contributed by atoms with E-state index < -0.39 is 11.8 Å². The molecule has 0 radical (unpaired) electrons. The zero-order valence-corrected chi connectivity index (χ0v) is 13.5. The molecule has 6 heteroatoms. The number of carbonyl (C=O) groups is 3. The molecule has 1 aliphatic heterocycles. The van der Waals surface area contributed by atoms with Gasteiger partial charge < -0.3 is 5.32 Å². The number of benzene rings is 2. The molecule has 1 N–H and O–H groups in total. The lowest BCUT2D eigenvalue weighted by atomic mass is 10.1. The first-order valence-corrected chi connectivity index (χ1v) is 7.90. The third-order valence-electron chi connectivity index (χ3n) is 3.80. The number of nitrogens with zero attached hydrogens (tertiary/aromatic N) is 1. The zero-order chi connectivity index (χ0) is 17.1. The van der Waals surface area contributed by atoms with Crippen LogP contribution < -0.4 is 5.32 Å². The third kappa shape index (κ3) is 3.31. The van der Waals surface area contributed by atoms with Gasteiger partial charge in [0, 0.05) is 11.6 Å². The highest BCUT2D eigenvalue weighted by Crippen LogP contribution is 2.21. The van der Waals surface area contributed by atoms with Crippen LogP contribution in [0.2, 0.25) is 5.02 Å². The number of amides is 3. The fourth-order valence-electron chi connectivity index (χ4n) is 2.62. The van der Waals surface area contributed by atoms with Crippen molar-refractivity contribution in [1.82, 2.24) is 10.2 Å². The quantitative estimate of drug-likeness (QED) is 0.848. The van der Waals surface area contributed by atoms with Crippen molar-refractivity contribution in [2.24, 2.45) is 0 Å². The number of rotatable bonds is 5. The average molecular weight is 343 g/mol. The Balaban J connectivity index is 1.54. The SMILES string of the molecule is O=C(CN1C(=O)c2ccccc2C1=O)NCCc1cccc(Cl)c1. The Hall–Kier alpha value is -2.66. The van der Waals surface area contributed by atoms with Gasteiger partial charge in [0.05, 0.1) is 11.1 Å². The Morgan fingerprint density at radius 1 is 1.00 bits per heavy atom. The second-order valence-corrected chi connectivity index (χ2v) is 5.91. The largest absolute Gasteiger partial charge is 0.354 e. The maximum Gasteiger partial charge on any atom is 0.262 e. The molecule has 0 aliphatic carbocycles. The summed E-state index contributed by atoms with van der Waals surface area (Å²) < 4.78 is 0. The predicted molar refractivity (Wildman–Crippen MR) is 90.0 cm³/mol. The monoisotopic (exact) mass is 342 g/mol. The average Bonchev–Trinajstić information content (AvgIpc) is 2.80. The van der Waals surface area contributed by atoms with Crippen LogP contribution >= 0.6 is 11.6 Å². The highest BCUT2D eigenvalue weighted by molar-refractivity contribution is 6.30. The summed E-state index contributed by atoms with van der Waals surface area (Å²) >= 11 is 5.91. The van der Waals surface area contributed by atoms with Gasteiger partial charge in [0.2, 0.25) is 5.91 Å². The molecule has 3 amide bonds. The molecule has 0 saturated carbocycles. The van der Waals surface area contributed by atoms with E-state index in [-0.39, 0.29) is 12.5 Å². The Morgan fingerprint density at radius 2 is 1.67 bits per heavy atom. The van der Waals surface area contributed by atoms with Crippen molar-refractivity contribution in [3.05, 3.63) is 70.2 Å². The second-order valence-electron chi connectivity index (χ2n) is 5.47. The van der Waals surface area contributed by atoms with Crippen LogP contribution in [0.1, 0.15) is 26.3 Å². The van der Waals surface area contributed by atoms with Gasteiger partial charge >= 0.3 is 0 Å². The normalized spacial score (nSPS) is 13.1. The van der Waals surface area contributed by atoms with Crippen LogP contribution in [0.4, 0.5) is 0 Å². The summed E-state index contributed by atoms with van der Waals surface area (Å²) in [5.41, 5.74) is 1.69. The molecule has 0 atom stereocenters. The summed E-state index contributed by atoms with van der Waals surface area (Å²) in [7, 11) is 0. The van der Waals surface area contributed by atoms with E-state index in [1.54, 1.807) is 30.3 Å². The number of fused-ring (bicyclic) bond motifs is 1. The maximum absolute atomic E-state index is 12.2. The number of halogens is 1. The molecule has 0 bridgehead atoms. The summed E-state index contributed by atoms with van der Waals surface area (Å²) in [6.07, 6.45) is 0.619. The lowest BCUT2D eigenvalue weighted by Gasteiger charge is -2.13. The first kappa shape index (κ1) is 16.2. The molecule has 2 aromatic carbocycles. The van der Waals surface area contributed by atoms with E-state index >= 15 is 0 Å². The van der Waals surface area contributed by atoms with Crippen molar-refractivity contribution in [2.45, 2.75) is 6.42 Å². The molecule has 0 aromatic heterocycles. The molecule has 0 unspecified atom stereocenters.